The molecule has 1 aliphatic heterocycles. The summed E-state index contributed by atoms with van der Waals surface area (Å²) in [6.07, 6.45) is 0. The molecule has 26 heavy (non-hydrogen) atoms. The third kappa shape index (κ3) is 3.38. The zero-order valence-electron chi connectivity index (χ0n) is 14.7. The lowest BCUT2D eigenvalue weighted by Gasteiger charge is -2.13. The number of nitrogens with one attached hydrogen (secondary N) is 1. The van der Waals surface area contributed by atoms with Crippen molar-refractivity contribution in [3.63, 3.8) is 0 Å². The average Bonchev–Trinajstić information content (AvgIpc) is 3.35. The Labute approximate surface area is 156 Å². The van der Waals surface area contributed by atoms with Gasteiger partial charge in [0, 0.05) is 17.5 Å². The van der Waals surface area contributed by atoms with Gasteiger partial charge in [0.15, 0.2) is 11.5 Å². The number of aromatic nitrogens is 1. The smallest absolute Gasteiger partial charge is 0.231 e. The van der Waals surface area contributed by atoms with Gasteiger partial charge >= 0.3 is 0 Å². The molecule has 0 aliphatic carbocycles. The van der Waals surface area contributed by atoms with Gasteiger partial charge in [-0.1, -0.05) is 30.3 Å². The van der Waals surface area contributed by atoms with E-state index in [1.54, 1.807) is 18.4 Å². The molecule has 134 valence electrons. The molecule has 0 saturated heterocycles. The first kappa shape index (κ1) is 16.9. The summed E-state index contributed by atoms with van der Waals surface area (Å²) < 4.78 is 16.3. The van der Waals surface area contributed by atoms with E-state index < -0.39 is 0 Å². The minimum atomic E-state index is 0.147. The molecule has 0 fully saturated rings. The predicted molar refractivity (Wildman–Crippen MR) is 102 cm³/mol. The van der Waals surface area contributed by atoms with E-state index in [1.165, 1.54) is 0 Å². The molecule has 0 bridgehead atoms. The van der Waals surface area contributed by atoms with Crippen LogP contribution in [0.2, 0.25) is 0 Å². The molecule has 6 heteroatoms. The number of hydrogen-bond acceptors (Lipinski definition) is 6. The summed E-state index contributed by atoms with van der Waals surface area (Å²) in [6, 6.07) is 14.3. The van der Waals surface area contributed by atoms with Crippen LogP contribution in [0.25, 0.3) is 11.3 Å². The zero-order valence-corrected chi connectivity index (χ0v) is 15.5. The van der Waals surface area contributed by atoms with Crippen LogP contribution in [0.4, 0.5) is 0 Å². The van der Waals surface area contributed by atoms with E-state index in [0.717, 1.165) is 27.6 Å². The highest BCUT2D eigenvalue weighted by molar-refractivity contribution is 7.10. The third-order valence-corrected chi connectivity index (χ3v) is 5.32. The van der Waals surface area contributed by atoms with Gasteiger partial charge in [-0.2, -0.15) is 0 Å². The van der Waals surface area contributed by atoms with Crippen molar-refractivity contribution in [3.8, 4) is 28.5 Å². The monoisotopic (exact) mass is 368 g/mol. The lowest BCUT2D eigenvalue weighted by molar-refractivity contribution is 0.171. The van der Waals surface area contributed by atoms with Crippen molar-refractivity contribution in [3.05, 3.63) is 58.4 Å². The molecule has 5 nitrogen and oxygen atoms in total. The van der Waals surface area contributed by atoms with Gasteiger partial charge in [-0.25, -0.2) is 4.98 Å². The van der Waals surface area contributed by atoms with Crippen LogP contribution in [0, 0.1) is 0 Å². The summed E-state index contributed by atoms with van der Waals surface area (Å²) >= 11 is 1.67. The molecule has 1 aliphatic rings. The van der Waals surface area contributed by atoms with Crippen molar-refractivity contribution < 1.29 is 14.2 Å². The van der Waals surface area contributed by atoms with Gasteiger partial charge in [-0.05, 0) is 24.6 Å². The number of ether oxygens (including phenoxy) is 3. The Morgan fingerprint density at radius 1 is 1.23 bits per heavy atom. The molecular formula is C20H20N2O3S. The molecule has 0 spiro atoms. The summed E-state index contributed by atoms with van der Waals surface area (Å²) in [5.41, 5.74) is 3.24. The Balaban J connectivity index is 1.45. The Morgan fingerprint density at radius 3 is 2.88 bits per heavy atom. The van der Waals surface area contributed by atoms with E-state index in [2.05, 4.69) is 29.8 Å². The summed E-state index contributed by atoms with van der Waals surface area (Å²) in [6.45, 7) is 3.05. The van der Waals surface area contributed by atoms with E-state index in [9.17, 15) is 0 Å². The van der Waals surface area contributed by atoms with Gasteiger partial charge < -0.3 is 19.5 Å². The molecule has 0 radical (unpaired) electrons. The molecular weight excluding hydrogens is 348 g/mol. The second-order valence-electron chi connectivity index (χ2n) is 6.07. The number of methoxy groups -OCH3 is 1. The maximum Gasteiger partial charge on any atom is 0.231 e. The molecule has 1 unspecified atom stereocenters. The Bertz CT molecular complexity index is 895. The van der Waals surface area contributed by atoms with Gasteiger partial charge in [-0.3, -0.25) is 0 Å². The number of benzene rings is 2. The van der Waals surface area contributed by atoms with Crippen molar-refractivity contribution in [1.82, 2.24) is 10.3 Å². The quantitative estimate of drug-likeness (QED) is 0.699. The van der Waals surface area contributed by atoms with E-state index in [1.807, 2.05) is 30.3 Å². The maximum atomic E-state index is 5.49. The molecule has 1 atom stereocenters. The van der Waals surface area contributed by atoms with Crippen molar-refractivity contribution in [2.75, 3.05) is 13.9 Å². The normalized spacial score (nSPS) is 13.6. The first-order valence-corrected chi connectivity index (χ1v) is 9.33. The first-order chi connectivity index (χ1) is 12.7. The minimum absolute atomic E-state index is 0.147. The first-order valence-electron chi connectivity index (χ1n) is 8.45. The van der Waals surface area contributed by atoms with Crippen molar-refractivity contribution in [1.29, 1.82) is 0 Å². The fourth-order valence-electron chi connectivity index (χ4n) is 2.87. The second-order valence-corrected chi connectivity index (χ2v) is 6.96. The molecule has 2 aromatic carbocycles. The molecule has 1 aromatic heterocycles. The van der Waals surface area contributed by atoms with Crippen LogP contribution in [-0.4, -0.2) is 18.9 Å². The number of nitrogens with zero attached hydrogens (tertiary/aromatic N) is 1. The van der Waals surface area contributed by atoms with Gasteiger partial charge in [-0.15, -0.1) is 11.3 Å². The summed E-state index contributed by atoms with van der Waals surface area (Å²) in [5.74, 6) is 2.11. The van der Waals surface area contributed by atoms with Crippen molar-refractivity contribution >= 4 is 11.3 Å². The SMILES string of the molecule is COc1cc(CNC(C)c2nc(-c3ccccc3)cs2)cc2c1OCO2. The van der Waals surface area contributed by atoms with Crippen LogP contribution >= 0.6 is 11.3 Å². The molecule has 0 amide bonds. The molecule has 1 N–H and O–H groups in total. The van der Waals surface area contributed by atoms with Crippen molar-refractivity contribution in [2.45, 2.75) is 19.5 Å². The van der Waals surface area contributed by atoms with Crippen LogP contribution in [0.15, 0.2) is 47.8 Å². The lowest BCUT2D eigenvalue weighted by Crippen LogP contribution is -2.18. The topological polar surface area (TPSA) is 52.6 Å². The maximum absolute atomic E-state index is 5.49. The van der Waals surface area contributed by atoms with E-state index in [-0.39, 0.29) is 12.8 Å². The van der Waals surface area contributed by atoms with Crippen LogP contribution in [0.1, 0.15) is 23.5 Å². The zero-order chi connectivity index (χ0) is 17.9. The van der Waals surface area contributed by atoms with Crippen LogP contribution < -0.4 is 19.5 Å². The fourth-order valence-corrected chi connectivity index (χ4v) is 3.73. The molecule has 2 heterocycles. The number of rotatable bonds is 6. The van der Waals surface area contributed by atoms with Crippen molar-refractivity contribution in [2.24, 2.45) is 0 Å². The summed E-state index contributed by atoms with van der Waals surface area (Å²) in [5, 5.41) is 6.69. The standard InChI is InChI=1S/C20H20N2O3S/c1-13(20-22-16(11-26-20)15-6-4-3-5-7-15)21-10-14-8-17(23-2)19-18(9-14)24-12-25-19/h3-9,11,13,21H,10,12H2,1-2H3. The van der Waals surface area contributed by atoms with Gasteiger partial charge in [0.1, 0.15) is 5.01 Å². The van der Waals surface area contributed by atoms with Crippen LogP contribution in [0.5, 0.6) is 17.2 Å². The Kier molecular flexibility index (Phi) is 4.77. The van der Waals surface area contributed by atoms with Gasteiger partial charge in [0.05, 0.1) is 18.8 Å². The second kappa shape index (κ2) is 7.35. The Hall–Kier alpha value is -2.57. The highest BCUT2D eigenvalue weighted by Gasteiger charge is 2.20. The van der Waals surface area contributed by atoms with Gasteiger partial charge in [0.25, 0.3) is 0 Å². The largest absolute Gasteiger partial charge is 0.493 e. The third-order valence-electron chi connectivity index (χ3n) is 4.29. The highest BCUT2D eigenvalue weighted by atomic mass is 32.1. The molecule has 0 saturated carbocycles. The van der Waals surface area contributed by atoms with E-state index in [0.29, 0.717) is 18.0 Å². The molecule has 3 aromatic rings. The van der Waals surface area contributed by atoms with E-state index in [4.69, 9.17) is 19.2 Å². The highest BCUT2D eigenvalue weighted by Crippen LogP contribution is 2.41. The number of thiazole rings is 1. The fraction of sp³-hybridized carbons (Fsp3) is 0.250. The predicted octanol–water partition coefficient (Wildman–Crippen LogP) is 4.40. The summed E-state index contributed by atoms with van der Waals surface area (Å²) in [7, 11) is 1.64. The minimum Gasteiger partial charge on any atom is -0.493 e. The average molecular weight is 368 g/mol. The van der Waals surface area contributed by atoms with E-state index >= 15 is 0 Å². The Morgan fingerprint density at radius 2 is 2.08 bits per heavy atom. The van der Waals surface area contributed by atoms with Crippen LogP contribution in [-0.2, 0) is 6.54 Å². The summed E-state index contributed by atoms with van der Waals surface area (Å²) in [4.78, 5) is 4.77. The lowest BCUT2D eigenvalue weighted by atomic mass is 10.1. The molecule has 4 rings (SSSR count). The van der Waals surface area contributed by atoms with Crippen LogP contribution in [0.3, 0.4) is 0 Å². The number of hydrogen-bond donors (Lipinski definition) is 1. The number of fused-ring (bicyclic) bond motifs is 1. The van der Waals surface area contributed by atoms with Gasteiger partial charge in [0.2, 0.25) is 12.5 Å².